The van der Waals surface area contributed by atoms with Crippen LogP contribution in [0.15, 0.2) is 22.7 Å². The molecule has 0 radical (unpaired) electrons. The minimum atomic E-state index is -0.828. The second-order valence-corrected chi connectivity index (χ2v) is 4.66. The Bertz CT molecular complexity index is 583. The zero-order chi connectivity index (χ0) is 12.0. The number of nitrogens with zero attached hydrogens (tertiary/aromatic N) is 1. The minimum absolute atomic E-state index is 0.520. The van der Waals surface area contributed by atoms with E-state index in [-0.39, 0.29) is 0 Å². The number of benzene rings is 1. The van der Waals surface area contributed by atoms with Crippen LogP contribution < -0.4 is 0 Å². The summed E-state index contributed by atoms with van der Waals surface area (Å²) in [6.45, 7) is 1.67. The molecular formula is C13H13NO3. The Morgan fingerprint density at radius 2 is 2.29 bits per heavy atom. The fraction of sp³-hybridized carbons (Fsp3) is 0.385. The van der Waals surface area contributed by atoms with E-state index in [1.165, 1.54) is 12.8 Å². The van der Waals surface area contributed by atoms with Crippen molar-refractivity contribution in [1.29, 1.82) is 0 Å². The summed E-state index contributed by atoms with van der Waals surface area (Å²) in [5.41, 5.74) is 2.47. The Balaban J connectivity index is 2.05. The molecule has 1 saturated carbocycles. The highest BCUT2D eigenvalue weighted by Crippen LogP contribution is 2.42. The predicted octanol–water partition coefficient (Wildman–Crippen LogP) is 2.89. The molecule has 0 aliphatic heterocycles. The van der Waals surface area contributed by atoms with Gasteiger partial charge in [0.15, 0.2) is 5.58 Å². The highest BCUT2D eigenvalue weighted by molar-refractivity contribution is 5.83. The topological polar surface area (TPSA) is 63.3 Å². The second kappa shape index (κ2) is 3.58. The first-order chi connectivity index (χ1) is 8.16. The third-order valence-electron chi connectivity index (χ3n) is 3.36. The Morgan fingerprint density at radius 1 is 1.53 bits per heavy atom. The molecule has 17 heavy (non-hydrogen) atoms. The van der Waals surface area contributed by atoms with Crippen molar-refractivity contribution in [1.82, 2.24) is 5.16 Å². The highest BCUT2D eigenvalue weighted by atomic mass is 16.5. The van der Waals surface area contributed by atoms with Crippen molar-refractivity contribution in [3.05, 3.63) is 29.5 Å². The number of aliphatic carboxylic acids is 1. The first-order valence-corrected chi connectivity index (χ1v) is 5.79. The maximum absolute atomic E-state index is 10.9. The van der Waals surface area contributed by atoms with Gasteiger partial charge in [0, 0.05) is 11.3 Å². The maximum Gasteiger partial charge on any atom is 0.310 e. The molecule has 1 N–H and O–H groups in total. The number of fused-ring (bicyclic) bond motifs is 1. The van der Waals surface area contributed by atoms with Gasteiger partial charge >= 0.3 is 5.97 Å². The van der Waals surface area contributed by atoms with E-state index in [9.17, 15) is 4.79 Å². The predicted molar refractivity (Wildman–Crippen MR) is 62.0 cm³/mol. The lowest BCUT2D eigenvalue weighted by atomic mass is 10.00. The Hall–Kier alpha value is -1.84. The lowest BCUT2D eigenvalue weighted by Gasteiger charge is -2.05. The van der Waals surface area contributed by atoms with Crippen molar-refractivity contribution in [2.45, 2.75) is 31.6 Å². The molecule has 4 heteroatoms. The van der Waals surface area contributed by atoms with E-state index in [4.69, 9.17) is 9.63 Å². The number of hydrogen-bond donors (Lipinski definition) is 1. The Morgan fingerprint density at radius 3 is 2.94 bits per heavy atom. The first-order valence-electron chi connectivity index (χ1n) is 5.79. The molecule has 0 amide bonds. The maximum atomic E-state index is 10.9. The minimum Gasteiger partial charge on any atom is -0.481 e. The van der Waals surface area contributed by atoms with E-state index in [1.807, 2.05) is 12.1 Å². The van der Waals surface area contributed by atoms with Crippen LogP contribution >= 0.6 is 0 Å². The van der Waals surface area contributed by atoms with E-state index in [0.29, 0.717) is 11.5 Å². The zero-order valence-corrected chi connectivity index (χ0v) is 9.51. The van der Waals surface area contributed by atoms with Crippen molar-refractivity contribution >= 4 is 16.9 Å². The Kier molecular flexibility index (Phi) is 2.18. The third-order valence-corrected chi connectivity index (χ3v) is 3.36. The molecule has 1 heterocycles. The number of carboxylic acids is 1. The van der Waals surface area contributed by atoms with Gasteiger partial charge in [0.1, 0.15) is 0 Å². The SMILES string of the molecule is CC(C(=O)O)c1ccc2c(C3CC3)noc2c1. The average Bonchev–Trinajstić information content (AvgIpc) is 3.07. The quantitative estimate of drug-likeness (QED) is 0.882. The Labute approximate surface area is 98.2 Å². The summed E-state index contributed by atoms with van der Waals surface area (Å²) in [6.07, 6.45) is 2.35. The third kappa shape index (κ3) is 1.69. The molecule has 4 nitrogen and oxygen atoms in total. The van der Waals surface area contributed by atoms with Gasteiger partial charge in [0.05, 0.1) is 11.6 Å². The molecule has 1 fully saturated rings. The first kappa shape index (κ1) is 10.3. The molecule has 88 valence electrons. The molecule has 3 rings (SSSR count). The smallest absolute Gasteiger partial charge is 0.310 e. The molecule has 1 atom stereocenters. The normalized spacial score (nSPS) is 17.2. The van der Waals surface area contributed by atoms with Gasteiger partial charge in [-0.2, -0.15) is 0 Å². The highest BCUT2D eigenvalue weighted by Gasteiger charge is 2.29. The van der Waals surface area contributed by atoms with Crippen LogP contribution in [0.2, 0.25) is 0 Å². The monoisotopic (exact) mass is 231 g/mol. The van der Waals surface area contributed by atoms with Gasteiger partial charge in [-0.3, -0.25) is 4.79 Å². The molecule has 1 aromatic carbocycles. The van der Waals surface area contributed by atoms with Crippen LogP contribution in [0.4, 0.5) is 0 Å². The van der Waals surface area contributed by atoms with Crippen LogP contribution in [0.3, 0.4) is 0 Å². The summed E-state index contributed by atoms with van der Waals surface area (Å²) < 4.78 is 5.28. The fourth-order valence-corrected chi connectivity index (χ4v) is 2.04. The molecule has 2 aromatic rings. The van der Waals surface area contributed by atoms with Crippen LogP contribution in [0.25, 0.3) is 11.0 Å². The lowest BCUT2D eigenvalue weighted by molar-refractivity contribution is -0.138. The van der Waals surface area contributed by atoms with E-state index in [2.05, 4.69) is 5.16 Å². The number of carboxylic acid groups (broad SMARTS) is 1. The molecule has 0 bridgehead atoms. The summed E-state index contributed by atoms with van der Waals surface area (Å²) in [4.78, 5) is 10.9. The molecule has 1 aliphatic carbocycles. The van der Waals surface area contributed by atoms with Gasteiger partial charge in [0.2, 0.25) is 0 Å². The van der Waals surface area contributed by atoms with Crippen molar-refractivity contribution in [3.8, 4) is 0 Å². The molecule has 1 aromatic heterocycles. The van der Waals surface area contributed by atoms with Crippen LogP contribution in [-0.4, -0.2) is 16.2 Å². The zero-order valence-electron chi connectivity index (χ0n) is 9.51. The van der Waals surface area contributed by atoms with Crippen molar-refractivity contribution < 1.29 is 14.4 Å². The number of rotatable bonds is 3. The fourth-order valence-electron chi connectivity index (χ4n) is 2.04. The van der Waals surface area contributed by atoms with Gasteiger partial charge in [-0.25, -0.2) is 0 Å². The lowest BCUT2D eigenvalue weighted by Crippen LogP contribution is -2.06. The van der Waals surface area contributed by atoms with E-state index >= 15 is 0 Å². The molecule has 1 aliphatic rings. The number of carbonyl (C=O) groups is 1. The summed E-state index contributed by atoms with van der Waals surface area (Å²) in [5, 5.41) is 14.1. The van der Waals surface area contributed by atoms with Gasteiger partial charge < -0.3 is 9.63 Å². The van der Waals surface area contributed by atoms with Crippen LogP contribution in [0, 0.1) is 0 Å². The van der Waals surface area contributed by atoms with Gasteiger partial charge in [-0.15, -0.1) is 0 Å². The van der Waals surface area contributed by atoms with Gasteiger partial charge in [-0.1, -0.05) is 11.2 Å². The summed E-state index contributed by atoms with van der Waals surface area (Å²) in [7, 11) is 0. The van der Waals surface area contributed by atoms with Crippen molar-refractivity contribution in [3.63, 3.8) is 0 Å². The second-order valence-electron chi connectivity index (χ2n) is 4.66. The van der Waals surface area contributed by atoms with Crippen LogP contribution in [0.1, 0.15) is 42.9 Å². The number of aromatic nitrogens is 1. The summed E-state index contributed by atoms with van der Waals surface area (Å²) >= 11 is 0. The van der Waals surface area contributed by atoms with Crippen molar-refractivity contribution in [2.24, 2.45) is 0 Å². The summed E-state index contributed by atoms with van der Waals surface area (Å²) in [6, 6.07) is 5.56. The van der Waals surface area contributed by atoms with Crippen LogP contribution in [-0.2, 0) is 4.79 Å². The molecule has 1 unspecified atom stereocenters. The largest absolute Gasteiger partial charge is 0.481 e. The molecule has 0 saturated heterocycles. The molecule has 0 spiro atoms. The van der Waals surface area contributed by atoms with Crippen LogP contribution in [0.5, 0.6) is 0 Å². The standard InChI is InChI=1S/C13H13NO3/c1-7(13(15)16)9-4-5-10-11(6-9)17-14-12(10)8-2-3-8/h4-8H,2-3H2,1H3,(H,15,16). The van der Waals surface area contributed by atoms with E-state index in [0.717, 1.165) is 16.6 Å². The average molecular weight is 231 g/mol. The van der Waals surface area contributed by atoms with E-state index < -0.39 is 11.9 Å². The van der Waals surface area contributed by atoms with Gasteiger partial charge in [0.25, 0.3) is 0 Å². The van der Waals surface area contributed by atoms with E-state index in [1.54, 1.807) is 13.0 Å². The molecular weight excluding hydrogens is 218 g/mol. The van der Waals surface area contributed by atoms with Crippen molar-refractivity contribution in [2.75, 3.05) is 0 Å². The summed E-state index contributed by atoms with van der Waals surface area (Å²) in [5.74, 6) is -0.806. The number of hydrogen-bond acceptors (Lipinski definition) is 3. The van der Waals surface area contributed by atoms with Gasteiger partial charge in [-0.05, 0) is 37.5 Å².